The normalized spacial score (nSPS) is 10.9. The van der Waals surface area contributed by atoms with Crippen LogP contribution < -0.4 is 10.6 Å². The highest BCUT2D eigenvalue weighted by molar-refractivity contribution is 7.81. The molecule has 0 radical (unpaired) electrons. The van der Waals surface area contributed by atoms with Gasteiger partial charge < -0.3 is 10.6 Å². The molecule has 0 saturated heterocycles. The van der Waals surface area contributed by atoms with Crippen molar-refractivity contribution in [3.63, 3.8) is 0 Å². The van der Waals surface area contributed by atoms with Gasteiger partial charge in [-0.3, -0.25) is 9.59 Å². The average Bonchev–Trinajstić information content (AvgIpc) is 2.55. The number of benzene rings is 1. The summed E-state index contributed by atoms with van der Waals surface area (Å²) in [7, 11) is 1.58. The van der Waals surface area contributed by atoms with Gasteiger partial charge in [-0.05, 0) is 18.9 Å². The van der Waals surface area contributed by atoms with E-state index >= 15 is 0 Å². The molecule has 0 aromatic heterocycles. The summed E-state index contributed by atoms with van der Waals surface area (Å²) >= 11 is 3.68. The third-order valence-corrected chi connectivity index (χ3v) is 3.39. The highest BCUT2D eigenvalue weighted by Gasteiger charge is 2.08. The summed E-state index contributed by atoms with van der Waals surface area (Å²) in [5.74, 6) is 0.388. The number of amides is 2. The first-order valence-electron chi connectivity index (χ1n) is 7.70. The van der Waals surface area contributed by atoms with E-state index in [-0.39, 0.29) is 23.6 Å². The molecule has 1 unspecified atom stereocenters. The number of hydrogen-bond acceptors (Lipinski definition) is 3. The van der Waals surface area contributed by atoms with Crippen LogP contribution in [0.15, 0.2) is 30.3 Å². The van der Waals surface area contributed by atoms with Crippen molar-refractivity contribution in [1.82, 2.24) is 10.6 Å². The molecular formula is C17H28N2O2S. The van der Waals surface area contributed by atoms with Crippen molar-refractivity contribution in [2.24, 2.45) is 0 Å². The molecule has 0 saturated carbocycles. The highest BCUT2D eigenvalue weighted by Crippen LogP contribution is 2.11. The van der Waals surface area contributed by atoms with E-state index in [0.717, 1.165) is 24.8 Å². The minimum atomic E-state index is -0.0432. The fourth-order valence-electron chi connectivity index (χ4n) is 1.75. The third-order valence-electron chi connectivity index (χ3n) is 3.11. The largest absolute Gasteiger partial charge is 0.358 e. The van der Waals surface area contributed by atoms with Crippen LogP contribution in [0.25, 0.3) is 0 Å². The molecule has 0 aliphatic rings. The lowest BCUT2D eigenvalue weighted by atomic mass is 10.1. The van der Waals surface area contributed by atoms with E-state index in [0.29, 0.717) is 6.42 Å². The van der Waals surface area contributed by atoms with Gasteiger partial charge in [0.05, 0.1) is 11.8 Å². The van der Waals surface area contributed by atoms with Crippen LogP contribution in [-0.2, 0) is 9.59 Å². The van der Waals surface area contributed by atoms with Gasteiger partial charge in [-0.2, -0.15) is 12.6 Å². The van der Waals surface area contributed by atoms with E-state index in [2.05, 4.69) is 30.2 Å². The number of hydrogen-bond donors (Lipinski definition) is 3. The molecule has 0 aliphatic carbocycles. The van der Waals surface area contributed by atoms with E-state index in [9.17, 15) is 9.59 Å². The highest BCUT2D eigenvalue weighted by atomic mass is 32.1. The molecule has 2 N–H and O–H groups in total. The molecule has 0 bridgehead atoms. The summed E-state index contributed by atoms with van der Waals surface area (Å²) in [4.78, 5) is 21.6. The number of carbonyl (C=O) groups is 2. The molecule has 124 valence electrons. The molecule has 1 aromatic carbocycles. The Hall–Kier alpha value is -1.49. The SMILES string of the molecule is CCCCCC(=O)NC(C)c1ccccc1.CNC(=O)CS. The van der Waals surface area contributed by atoms with Crippen LogP contribution in [0.1, 0.15) is 51.1 Å². The minimum Gasteiger partial charge on any atom is -0.358 e. The molecule has 1 aromatic rings. The minimum absolute atomic E-state index is 0.0432. The van der Waals surface area contributed by atoms with Crippen LogP contribution in [0.3, 0.4) is 0 Å². The zero-order chi connectivity index (χ0) is 16.8. The second-order valence-corrected chi connectivity index (χ2v) is 5.30. The topological polar surface area (TPSA) is 58.2 Å². The zero-order valence-corrected chi connectivity index (χ0v) is 14.7. The second-order valence-electron chi connectivity index (χ2n) is 4.99. The smallest absolute Gasteiger partial charge is 0.229 e. The van der Waals surface area contributed by atoms with E-state index in [1.807, 2.05) is 37.3 Å². The Labute approximate surface area is 139 Å². The monoisotopic (exact) mass is 324 g/mol. The summed E-state index contributed by atoms with van der Waals surface area (Å²) < 4.78 is 0. The standard InChI is InChI=1S/C14H21NO.C3H7NOS/c1-3-4-6-11-14(16)15-12(2)13-9-7-5-8-10-13;1-4-3(5)2-6/h5,7-10,12H,3-4,6,11H2,1-2H3,(H,15,16);6H,2H2,1H3,(H,4,5). The molecular weight excluding hydrogens is 296 g/mol. The van der Waals surface area contributed by atoms with E-state index in [1.165, 1.54) is 0 Å². The fraction of sp³-hybridized carbons (Fsp3) is 0.529. The fourth-order valence-corrected chi connectivity index (χ4v) is 1.91. The lowest BCUT2D eigenvalue weighted by Gasteiger charge is -2.14. The summed E-state index contributed by atoms with van der Waals surface area (Å²) in [6.45, 7) is 4.16. The predicted octanol–water partition coefficient (Wildman–Crippen LogP) is 3.11. The van der Waals surface area contributed by atoms with Gasteiger partial charge in [-0.1, -0.05) is 50.1 Å². The maximum atomic E-state index is 11.6. The molecule has 0 spiro atoms. The molecule has 0 aliphatic heterocycles. The van der Waals surface area contributed by atoms with Crippen LogP contribution in [-0.4, -0.2) is 24.6 Å². The summed E-state index contributed by atoms with van der Waals surface area (Å²) in [6, 6.07) is 10.2. The van der Waals surface area contributed by atoms with Crippen LogP contribution in [0.5, 0.6) is 0 Å². The van der Waals surface area contributed by atoms with Gasteiger partial charge in [0, 0.05) is 13.5 Å². The van der Waals surface area contributed by atoms with E-state index in [1.54, 1.807) is 7.05 Å². The Bertz CT molecular complexity index is 418. The third kappa shape index (κ3) is 10.3. The Morgan fingerprint density at radius 3 is 2.23 bits per heavy atom. The first-order chi connectivity index (χ1) is 10.5. The Morgan fingerprint density at radius 1 is 1.14 bits per heavy atom. The lowest BCUT2D eigenvalue weighted by molar-refractivity contribution is -0.122. The number of unbranched alkanes of at least 4 members (excludes halogenated alkanes) is 2. The number of thiol groups is 1. The Morgan fingerprint density at radius 2 is 1.77 bits per heavy atom. The van der Waals surface area contributed by atoms with Crippen molar-refractivity contribution in [3.05, 3.63) is 35.9 Å². The van der Waals surface area contributed by atoms with Crippen molar-refractivity contribution >= 4 is 24.4 Å². The first kappa shape index (κ1) is 20.5. The zero-order valence-electron chi connectivity index (χ0n) is 13.8. The molecule has 1 atom stereocenters. The summed E-state index contributed by atoms with van der Waals surface area (Å²) in [5.41, 5.74) is 1.16. The van der Waals surface area contributed by atoms with Gasteiger partial charge in [0.2, 0.25) is 11.8 Å². The number of carbonyl (C=O) groups excluding carboxylic acids is 2. The molecule has 0 fully saturated rings. The van der Waals surface area contributed by atoms with Crippen molar-refractivity contribution in [3.8, 4) is 0 Å². The van der Waals surface area contributed by atoms with Crippen LogP contribution in [0.4, 0.5) is 0 Å². The van der Waals surface area contributed by atoms with Gasteiger partial charge in [-0.15, -0.1) is 0 Å². The van der Waals surface area contributed by atoms with Crippen LogP contribution >= 0.6 is 12.6 Å². The molecule has 0 heterocycles. The second kappa shape index (κ2) is 13.2. The summed E-state index contributed by atoms with van der Waals surface area (Å²) in [5, 5.41) is 5.42. The molecule has 4 nitrogen and oxygen atoms in total. The van der Waals surface area contributed by atoms with Crippen molar-refractivity contribution < 1.29 is 9.59 Å². The van der Waals surface area contributed by atoms with Gasteiger partial charge in [0.15, 0.2) is 0 Å². The van der Waals surface area contributed by atoms with E-state index in [4.69, 9.17) is 0 Å². The number of rotatable bonds is 7. The molecule has 22 heavy (non-hydrogen) atoms. The van der Waals surface area contributed by atoms with Crippen molar-refractivity contribution in [1.29, 1.82) is 0 Å². The first-order valence-corrected chi connectivity index (χ1v) is 8.34. The molecule has 5 heteroatoms. The van der Waals surface area contributed by atoms with Crippen LogP contribution in [0.2, 0.25) is 0 Å². The van der Waals surface area contributed by atoms with Gasteiger partial charge >= 0.3 is 0 Å². The Kier molecular flexibility index (Phi) is 12.3. The van der Waals surface area contributed by atoms with Gasteiger partial charge in [-0.25, -0.2) is 0 Å². The van der Waals surface area contributed by atoms with Gasteiger partial charge in [0.25, 0.3) is 0 Å². The molecule has 1 rings (SSSR count). The molecule has 2 amide bonds. The lowest BCUT2D eigenvalue weighted by Crippen LogP contribution is -2.26. The van der Waals surface area contributed by atoms with Gasteiger partial charge in [0.1, 0.15) is 0 Å². The maximum Gasteiger partial charge on any atom is 0.229 e. The Balaban J connectivity index is 0.000000626. The maximum absolute atomic E-state index is 11.6. The summed E-state index contributed by atoms with van der Waals surface area (Å²) in [6.07, 6.45) is 3.92. The van der Waals surface area contributed by atoms with Crippen molar-refractivity contribution in [2.45, 2.75) is 45.6 Å². The predicted molar refractivity (Wildman–Crippen MR) is 95.1 cm³/mol. The van der Waals surface area contributed by atoms with E-state index < -0.39 is 0 Å². The average molecular weight is 324 g/mol. The quantitative estimate of drug-likeness (QED) is 0.533. The van der Waals surface area contributed by atoms with Crippen LogP contribution in [0, 0.1) is 0 Å². The number of nitrogens with one attached hydrogen (secondary N) is 2. The van der Waals surface area contributed by atoms with Crippen molar-refractivity contribution in [2.75, 3.05) is 12.8 Å².